The highest BCUT2D eigenvalue weighted by molar-refractivity contribution is 5.71. The van der Waals surface area contributed by atoms with Crippen molar-refractivity contribution in [2.75, 3.05) is 5.73 Å². The fraction of sp³-hybridized carbons (Fsp3) is 0.462. The van der Waals surface area contributed by atoms with Crippen molar-refractivity contribution in [2.24, 2.45) is 5.92 Å². The molecule has 0 spiro atoms. The topological polar surface area (TPSA) is 69.6 Å². The number of rotatable bonds is 3. The van der Waals surface area contributed by atoms with E-state index >= 15 is 0 Å². The van der Waals surface area contributed by atoms with Gasteiger partial charge in [-0.25, -0.2) is 13.5 Å². The van der Waals surface area contributed by atoms with E-state index in [0.717, 1.165) is 25.0 Å². The summed E-state index contributed by atoms with van der Waals surface area (Å²) < 4.78 is 28.1. The highest BCUT2D eigenvalue weighted by Gasteiger charge is 2.20. The van der Waals surface area contributed by atoms with Gasteiger partial charge in [0.05, 0.1) is 0 Å². The fourth-order valence-corrected chi connectivity index (χ4v) is 2.71. The summed E-state index contributed by atoms with van der Waals surface area (Å²) in [6, 6.07) is 2.00. The monoisotopic (exact) mass is 279 g/mol. The molecular formula is C13H15F2N5. The van der Waals surface area contributed by atoms with E-state index in [1.54, 1.807) is 4.68 Å². The molecule has 1 aromatic carbocycles. The second-order valence-corrected chi connectivity index (χ2v) is 5.19. The van der Waals surface area contributed by atoms with Crippen LogP contribution in [0.2, 0.25) is 0 Å². The Kier molecular flexibility index (Phi) is 3.33. The predicted molar refractivity (Wildman–Crippen MR) is 69.5 cm³/mol. The van der Waals surface area contributed by atoms with Crippen molar-refractivity contribution in [3.8, 4) is 11.4 Å². The Labute approximate surface area is 114 Å². The average molecular weight is 279 g/mol. The van der Waals surface area contributed by atoms with E-state index in [2.05, 4.69) is 15.5 Å². The zero-order valence-corrected chi connectivity index (χ0v) is 10.9. The van der Waals surface area contributed by atoms with Crippen molar-refractivity contribution in [3.63, 3.8) is 0 Å². The molecule has 0 amide bonds. The van der Waals surface area contributed by atoms with Crippen molar-refractivity contribution in [1.29, 1.82) is 0 Å². The number of nitrogens with two attached hydrogens (primary N) is 1. The summed E-state index contributed by atoms with van der Waals surface area (Å²) in [6.45, 7) is 0.681. The lowest BCUT2D eigenvalue weighted by atomic mass is 10.1. The second-order valence-electron chi connectivity index (χ2n) is 5.19. The van der Waals surface area contributed by atoms with Gasteiger partial charge in [-0.15, -0.1) is 5.10 Å². The minimum Gasteiger partial charge on any atom is -0.398 e. The highest BCUT2D eigenvalue weighted by Crippen LogP contribution is 2.29. The van der Waals surface area contributed by atoms with Gasteiger partial charge in [0.1, 0.15) is 0 Å². The molecule has 0 aliphatic heterocycles. The molecule has 1 heterocycles. The molecule has 106 valence electrons. The summed E-state index contributed by atoms with van der Waals surface area (Å²) in [6.07, 6.45) is 4.73. The van der Waals surface area contributed by atoms with Crippen LogP contribution in [0.25, 0.3) is 11.4 Å². The third-order valence-electron chi connectivity index (χ3n) is 3.77. The van der Waals surface area contributed by atoms with E-state index < -0.39 is 11.6 Å². The minimum absolute atomic E-state index is 0.131. The molecule has 2 aromatic rings. The second kappa shape index (κ2) is 5.15. The Morgan fingerprint density at radius 2 is 1.90 bits per heavy atom. The summed E-state index contributed by atoms with van der Waals surface area (Å²) >= 11 is 0. The first-order valence-electron chi connectivity index (χ1n) is 6.66. The van der Waals surface area contributed by atoms with Gasteiger partial charge < -0.3 is 5.73 Å². The highest BCUT2D eigenvalue weighted by atomic mass is 19.2. The number of anilines is 1. The van der Waals surface area contributed by atoms with Crippen molar-refractivity contribution >= 4 is 5.69 Å². The van der Waals surface area contributed by atoms with Gasteiger partial charge in [-0.05, 0) is 35.3 Å². The fourth-order valence-electron chi connectivity index (χ4n) is 2.71. The summed E-state index contributed by atoms with van der Waals surface area (Å²) in [5.41, 5.74) is 6.20. The van der Waals surface area contributed by atoms with Gasteiger partial charge in [0, 0.05) is 23.9 Å². The smallest absolute Gasteiger partial charge is 0.184 e. The Bertz CT molecular complexity index is 619. The van der Waals surface area contributed by atoms with Gasteiger partial charge in [-0.1, -0.05) is 12.8 Å². The Balaban J connectivity index is 1.94. The Morgan fingerprint density at radius 1 is 1.20 bits per heavy atom. The molecule has 7 heteroatoms. The average Bonchev–Trinajstić information content (AvgIpc) is 3.06. The molecular weight excluding hydrogens is 264 g/mol. The zero-order valence-electron chi connectivity index (χ0n) is 10.9. The van der Waals surface area contributed by atoms with Gasteiger partial charge in [0.15, 0.2) is 17.5 Å². The predicted octanol–water partition coefficient (Wildman–Crippen LogP) is 2.39. The van der Waals surface area contributed by atoms with E-state index in [0.29, 0.717) is 23.9 Å². The van der Waals surface area contributed by atoms with Crippen molar-refractivity contribution in [1.82, 2.24) is 20.2 Å². The Hall–Kier alpha value is -2.05. The summed E-state index contributed by atoms with van der Waals surface area (Å²) in [7, 11) is 0. The van der Waals surface area contributed by atoms with E-state index in [1.807, 2.05) is 0 Å². The molecule has 0 atom stereocenters. The molecule has 1 aliphatic rings. The normalized spacial score (nSPS) is 15.9. The largest absolute Gasteiger partial charge is 0.398 e. The van der Waals surface area contributed by atoms with E-state index in [-0.39, 0.29) is 5.69 Å². The summed E-state index contributed by atoms with van der Waals surface area (Å²) in [5.74, 6) is -1.01. The van der Waals surface area contributed by atoms with Crippen molar-refractivity contribution in [2.45, 2.75) is 32.2 Å². The number of nitrogens with zero attached hydrogens (tertiary/aromatic N) is 4. The summed E-state index contributed by atoms with van der Waals surface area (Å²) in [5, 5.41) is 11.5. The number of aromatic nitrogens is 4. The van der Waals surface area contributed by atoms with Crippen molar-refractivity contribution < 1.29 is 8.78 Å². The molecule has 0 unspecified atom stereocenters. The standard InChI is InChI=1S/C13H15F2N5/c14-10-5-9(12(16)6-11(10)15)13-17-18-19-20(13)7-8-3-1-2-4-8/h5-6,8H,1-4,7,16H2. The number of tetrazole rings is 1. The molecule has 1 aromatic heterocycles. The number of benzene rings is 1. The number of nitrogen functional groups attached to an aromatic ring is 1. The number of halogens is 2. The molecule has 1 fully saturated rings. The third kappa shape index (κ3) is 2.35. The van der Waals surface area contributed by atoms with Crippen molar-refractivity contribution in [3.05, 3.63) is 23.8 Å². The SMILES string of the molecule is Nc1cc(F)c(F)cc1-c1nnnn1CC1CCCC1. The van der Waals surface area contributed by atoms with Gasteiger partial charge in [0.2, 0.25) is 0 Å². The van der Waals surface area contributed by atoms with Crippen LogP contribution in [-0.2, 0) is 6.54 Å². The van der Waals surface area contributed by atoms with Crippen LogP contribution < -0.4 is 5.73 Å². The van der Waals surface area contributed by atoms with E-state index in [9.17, 15) is 8.78 Å². The molecule has 5 nitrogen and oxygen atoms in total. The molecule has 3 rings (SSSR count). The molecule has 0 saturated heterocycles. The van der Waals surface area contributed by atoms with Crippen LogP contribution in [0.4, 0.5) is 14.5 Å². The molecule has 1 saturated carbocycles. The maximum Gasteiger partial charge on any atom is 0.184 e. The van der Waals surface area contributed by atoms with Crippen LogP contribution in [0.1, 0.15) is 25.7 Å². The van der Waals surface area contributed by atoms with E-state index in [4.69, 9.17) is 5.73 Å². The first kappa shape index (κ1) is 13.0. The first-order chi connectivity index (χ1) is 9.65. The van der Waals surface area contributed by atoms with Gasteiger partial charge >= 0.3 is 0 Å². The molecule has 1 aliphatic carbocycles. The lowest BCUT2D eigenvalue weighted by Crippen LogP contribution is -2.11. The van der Waals surface area contributed by atoms with Crippen LogP contribution in [0.5, 0.6) is 0 Å². The third-order valence-corrected chi connectivity index (χ3v) is 3.77. The molecule has 0 radical (unpaired) electrons. The lowest BCUT2D eigenvalue weighted by molar-refractivity contribution is 0.424. The van der Waals surface area contributed by atoms with Gasteiger partial charge in [-0.2, -0.15) is 0 Å². The van der Waals surface area contributed by atoms with Crippen LogP contribution in [0.3, 0.4) is 0 Å². The summed E-state index contributed by atoms with van der Waals surface area (Å²) in [4.78, 5) is 0. The lowest BCUT2D eigenvalue weighted by Gasteiger charge is -2.11. The van der Waals surface area contributed by atoms with Gasteiger partial charge in [-0.3, -0.25) is 0 Å². The molecule has 2 N–H and O–H groups in total. The van der Waals surface area contributed by atoms with Crippen LogP contribution in [0, 0.1) is 17.6 Å². The quantitative estimate of drug-likeness (QED) is 0.876. The number of hydrogen-bond donors (Lipinski definition) is 1. The first-order valence-corrected chi connectivity index (χ1v) is 6.66. The Morgan fingerprint density at radius 3 is 2.65 bits per heavy atom. The maximum atomic E-state index is 13.4. The maximum absolute atomic E-state index is 13.4. The zero-order chi connectivity index (χ0) is 14.1. The minimum atomic E-state index is -0.971. The molecule has 20 heavy (non-hydrogen) atoms. The molecule has 0 bridgehead atoms. The van der Waals surface area contributed by atoms with Crippen LogP contribution in [0.15, 0.2) is 12.1 Å². The van der Waals surface area contributed by atoms with Gasteiger partial charge in [0.25, 0.3) is 0 Å². The van der Waals surface area contributed by atoms with E-state index in [1.165, 1.54) is 12.8 Å². The number of hydrogen-bond acceptors (Lipinski definition) is 4. The van der Waals surface area contributed by atoms with Crippen LogP contribution >= 0.6 is 0 Å². The van der Waals surface area contributed by atoms with Crippen LogP contribution in [-0.4, -0.2) is 20.2 Å².